The molecule has 0 amide bonds. The van der Waals surface area contributed by atoms with Crippen molar-refractivity contribution in [3.8, 4) is 0 Å². The zero-order valence-electron chi connectivity index (χ0n) is 11.3. The van der Waals surface area contributed by atoms with Crippen LogP contribution in [0.3, 0.4) is 0 Å². The van der Waals surface area contributed by atoms with Gasteiger partial charge in [-0.3, -0.25) is 0 Å². The van der Waals surface area contributed by atoms with E-state index in [2.05, 4.69) is 45.7 Å². The van der Waals surface area contributed by atoms with Crippen molar-refractivity contribution in [3.63, 3.8) is 0 Å². The first-order valence-corrected chi connectivity index (χ1v) is 8.53. The fourth-order valence-electron chi connectivity index (χ4n) is 2.04. The van der Waals surface area contributed by atoms with Crippen molar-refractivity contribution in [1.82, 2.24) is 0 Å². The molecule has 2 nitrogen and oxygen atoms in total. The number of halogens is 2. The van der Waals surface area contributed by atoms with Crippen molar-refractivity contribution >= 4 is 31.9 Å². The van der Waals surface area contributed by atoms with Crippen LogP contribution in [0, 0.1) is 11.3 Å². The van der Waals surface area contributed by atoms with Crippen LogP contribution >= 0.6 is 31.9 Å². The lowest BCUT2D eigenvalue weighted by Crippen LogP contribution is -2.27. The summed E-state index contributed by atoms with van der Waals surface area (Å²) < 4.78 is 10.5. The van der Waals surface area contributed by atoms with E-state index in [9.17, 15) is 0 Å². The van der Waals surface area contributed by atoms with Crippen molar-refractivity contribution in [2.75, 3.05) is 37.6 Å². The zero-order valence-corrected chi connectivity index (χ0v) is 14.5. The highest BCUT2D eigenvalue weighted by Gasteiger charge is 2.28. The third-order valence-corrected chi connectivity index (χ3v) is 5.21. The molecule has 0 heterocycles. The van der Waals surface area contributed by atoms with Crippen LogP contribution in [0.25, 0.3) is 0 Å². The fraction of sp³-hybridized carbons (Fsp3) is 1.00. The van der Waals surface area contributed by atoms with Gasteiger partial charge in [0.2, 0.25) is 0 Å². The Morgan fingerprint density at radius 2 is 1.71 bits per heavy atom. The number of alkyl halides is 2. The maximum atomic E-state index is 5.51. The normalized spacial score (nSPS) is 12.4. The zero-order chi connectivity index (χ0) is 13.1. The standard InChI is InChI=1S/C13H26Br2O2/c1-12(2)9-13(10-14,11-15)5-4-6-17-8-7-16-3/h12H,4-11H2,1-3H3. The summed E-state index contributed by atoms with van der Waals surface area (Å²) in [6.45, 7) is 6.80. The van der Waals surface area contributed by atoms with Gasteiger partial charge in [-0.15, -0.1) is 0 Å². The molecule has 0 aliphatic carbocycles. The highest BCUT2D eigenvalue weighted by molar-refractivity contribution is 9.09. The predicted octanol–water partition coefficient (Wildman–Crippen LogP) is 4.25. The quantitative estimate of drug-likeness (QED) is 0.398. The van der Waals surface area contributed by atoms with Gasteiger partial charge >= 0.3 is 0 Å². The van der Waals surface area contributed by atoms with E-state index in [-0.39, 0.29) is 0 Å². The van der Waals surface area contributed by atoms with Crippen LogP contribution in [-0.2, 0) is 9.47 Å². The van der Waals surface area contributed by atoms with E-state index in [0.29, 0.717) is 18.6 Å². The number of ether oxygens (including phenoxy) is 2. The molecular weight excluding hydrogens is 348 g/mol. The van der Waals surface area contributed by atoms with E-state index in [1.807, 2.05) is 0 Å². The molecule has 0 aromatic carbocycles. The van der Waals surface area contributed by atoms with E-state index >= 15 is 0 Å². The van der Waals surface area contributed by atoms with Gasteiger partial charge in [0.05, 0.1) is 13.2 Å². The van der Waals surface area contributed by atoms with Gasteiger partial charge in [0.25, 0.3) is 0 Å². The summed E-state index contributed by atoms with van der Waals surface area (Å²) in [5, 5.41) is 2.11. The summed E-state index contributed by atoms with van der Waals surface area (Å²) in [7, 11) is 1.70. The Bertz CT molecular complexity index is 171. The Morgan fingerprint density at radius 1 is 1.06 bits per heavy atom. The molecule has 0 aliphatic rings. The minimum absolute atomic E-state index is 0.374. The molecule has 0 spiro atoms. The Kier molecular flexibility index (Phi) is 11.3. The third-order valence-electron chi connectivity index (χ3n) is 2.84. The minimum Gasteiger partial charge on any atom is -0.382 e. The summed E-state index contributed by atoms with van der Waals surface area (Å²) in [5.74, 6) is 0.736. The summed E-state index contributed by atoms with van der Waals surface area (Å²) in [6, 6.07) is 0. The highest BCUT2D eigenvalue weighted by atomic mass is 79.9. The van der Waals surface area contributed by atoms with Crippen LogP contribution in [-0.4, -0.2) is 37.6 Å². The molecule has 0 aromatic rings. The average Bonchev–Trinajstić information content (AvgIpc) is 2.31. The van der Waals surface area contributed by atoms with E-state index < -0.39 is 0 Å². The molecule has 0 aliphatic heterocycles. The Labute approximate surface area is 123 Å². The first-order valence-electron chi connectivity index (χ1n) is 6.29. The molecule has 0 saturated carbocycles. The van der Waals surface area contributed by atoms with Gasteiger partial charge in [-0.1, -0.05) is 45.7 Å². The molecule has 104 valence electrons. The van der Waals surface area contributed by atoms with Crippen molar-refractivity contribution in [1.29, 1.82) is 0 Å². The molecule has 4 heteroatoms. The van der Waals surface area contributed by atoms with Gasteiger partial charge in [-0.25, -0.2) is 0 Å². The molecule has 0 saturated heterocycles. The number of hydrogen-bond donors (Lipinski definition) is 0. The van der Waals surface area contributed by atoms with Crippen LogP contribution in [0.4, 0.5) is 0 Å². The smallest absolute Gasteiger partial charge is 0.0700 e. The minimum atomic E-state index is 0.374. The lowest BCUT2D eigenvalue weighted by Gasteiger charge is -2.32. The summed E-state index contributed by atoms with van der Waals surface area (Å²) in [5.41, 5.74) is 0.374. The van der Waals surface area contributed by atoms with Crippen molar-refractivity contribution in [2.24, 2.45) is 11.3 Å². The second kappa shape index (κ2) is 10.8. The first-order chi connectivity index (χ1) is 8.10. The van der Waals surface area contributed by atoms with Gasteiger partial charge in [-0.2, -0.15) is 0 Å². The van der Waals surface area contributed by atoms with E-state index in [1.54, 1.807) is 7.11 Å². The SMILES string of the molecule is COCCOCCCC(CBr)(CBr)CC(C)C. The van der Waals surface area contributed by atoms with E-state index in [4.69, 9.17) is 9.47 Å². The van der Waals surface area contributed by atoms with Crippen molar-refractivity contribution in [2.45, 2.75) is 33.1 Å². The molecule has 0 atom stereocenters. The van der Waals surface area contributed by atoms with Crippen molar-refractivity contribution in [3.05, 3.63) is 0 Å². The largest absolute Gasteiger partial charge is 0.382 e. The van der Waals surface area contributed by atoms with Crippen molar-refractivity contribution < 1.29 is 9.47 Å². The second-order valence-electron chi connectivity index (χ2n) is 5.07. The van der Waals surface area contributed by atoms with Gasteiger partial charge in [0, 0.05) is 24.4 Å². The summed E-state index contributed by atoms with van der Waals surface area (Å²) in [6.07, 6.45) is 3.57. The molecule has 0 fully saturated rings. The van der Waals surface area contributed by atoms with Crippen LogP contribution in [0.2, 0.25) is 0 Å². The van der Waals surface area contributed by atoms with Crippen LogP contribution in [0.5, 0.6) is 0 Å². The lowest BCUT2D eigenvalue weighted by molar-refractivity contribution is 0.0645. The molecule has 17 heavy (non-hydrogen) atoms. The highest BCUT2D eigenvalue weighted by Crippen LogP contribution is 2.35. The molecule has 0 N–H and O–H groups in total. The maximum Gasteiger partial charge on any atom is 0.0700 e. The number of hydrogen-bond acceptors (Lipinski definition) is 2. The fourth-order valence-corrected chi connectivity index (χ4v) is 3.99. The number of rotatable bonds is 11. The summed E-state index contributed by atoms with van der Waals surface area (Å²) >= 11 is 7.33. The van der Waals surface area contributed by atoms with Gasteiger partial charge in [-0.05, 0) is 30.6 Å². The topological polar surface area (TPSA) is 18.5 Å². The average molecular weight is 374 g/mol. The van der Waals surface area contributed by atoms with Gasteiger partial charge in [0.1, 0.15) is 0 Å². The third kappa shape index (κ3) is 8.57. The first kappa shape index (κ1) is 17.9. The Morgan fingerprint density at radius 3 is 2.18 bits per heavy atom. The molecule has 0 unspecified atom stereocenters. The van der Waals surface area contributed by atoms with Crippen LogP contribution < -0.4 is 0 Å². The van der Waals surface area contributed by atoms with Gasteiger partial charge in [0.15, 0.2) is 0 Å². The Hall–Kier alpha value is 0.880. The lowest BCUT2D eigenvalue weighted by atomic mass is 9.80. The van der Waals surface area contributed by atoms with Crippen LogP contribution in [0.1, 0.15) is 33.1 Å². The number of methoxy groups -OCH3 is 1. The van der Waals surface area contributed by atoms with Gasteiger partial charge < -0.3 is 9.47 Å². The second-order valence-corrected chi connectivity index (χ2v) is 6.20. The Balaban J connectivity index is 3.84. The molecule has 0 aromatic heterocycles. The van der Waals surface area contributed by atoms with E-state index in [1.165, 1.54) is 12.8 Å². The molecule has 0 radical (unpaired) electrons. The predicted molar refractivity (Wildman–Crippen MR) is 81.4 cm³/mol. The summed E-state index contributed by atoms with van der Waals surface area (Å²) in [4.78, 5) is 0. The molecule has 0 bridgehead atoms. The maximum absolute atomic E-state index is 5.51. The molecule has 0 rings (SSSR count). The van der Waals surface area contributed by atoms with Crippen LogP contribution in [0.15, 0.2) is 0 Å². The monoisotopic (exact) mass is 372 g/mol. The molecular formula is C13H26Br2O2. The van der Waals surface area contributed by atoms with E-state index in [0.717, 1.165) is 29.6 Å².